The summed E-state index contributed by atoms with van der Waals surface area (Å²) in [7, 11) is 0. The third kappa shape index (κ3) is 2.75. The number of benzene rings is 3. The predicted octanol–water partition coefficient (Wildman–Crippen LogP) is 5.46. The first kappa shape index (κ1) is 13.6. The van der Waals surface area contributed by atoms with Crippen molar-refractivity contribution in [1.29, 1.82) is 0 Å². The van der Waals surface area contributed by atoms with E-state index in [-0.39, 0.29) is 11.9 Å². The van der Waals surface area contributed by atoms with Gasteiger partial charge in [0, 0.05) is 17.3 Å². The maximum Gasteiger partial charge on any atom is 0.128 e. The lowest BCUT2D eigenvalue weighted by Gasteiger charge is -2.18. The van der Waals surface area contributed by atoms with E-state index in [0.29, 0.717) is 5.56 Å². The van der Waals surface area contributed by atoms with Crippen LogP contribution in [-0.2, 0) is 0 Å². The molecule has 1 atom stereocenters. The van der Waals surface area contributed by atoms with E-state index < -0.39 is 0 Å². The molecule has 0 heterocycles. The predicted molar refractivity (Wildman–Crippen MR) is 87.1 cm³/mol. The summed E-state index contributed by atoms with van der Waals surface area (Å²) in [6.45, 7) is 3.89. The normalized spacial score (nSPS) is 12.3. The van der Waals surface area contributed by atoms with Gasteiger partial charge >= 0.3 is 0 Å². The fourth-order valence-electron chi connectivity index (χ4n) is 2.56. The molecule has 3 aromatic carbocycles. The molecule has 106 valence electrons. The number of rotatable bonds is 3. The highest BCUT2D eigenvalue weighted by Crippen LogP contribution is 2.25. The quantitative estimate of drug-likeness (QED) is 0.671. The minimum absolute atomic E-state index is 0.120. The molecule has 1 N–H and O–H groups in total. The SMILES string of the molecule is Cc1c(F)cccc1NC(C)c1ccc2ccccc2c1. The van der Waals surface area contributed by atoms with Crippen LogP contribution in [0.5, 0.6) is 0 Å². The molecular weight excluding hydrogens is 261 g/mol. The van der Waals surface area contributed by atoms with Crippen LogP contribution in [0.15, 0.2) is 60.7 Å². The molecule has 3 rings (SSSR count). The van der Waals surface area contributed by atoms with Crippen LogP contribution in [0.4, 0.5) is 10.1 Å². The van der Waals surface area contributed by atoms with Crippen LogP contribution in [0.2, 0.25) is 0 Å². The Kier molecular flexibility index (Phi) is 3.61. The number of hydrogen-bond acceptors (Lipinski definition) is 1. The molecule has 0 bridgehead atoms. The van der Waals surface area contributed by atoms with Crippen molar-refractivity contribution >= 4 is 16.5 Å². The molecule has 1 nitrogen and oxygen atoms in total. The van der Waals surface area contributed by atoms with Crippen molar-refractivity contribution < 1.29 is 4.39 Å². The molecule has 0 saturated carbocycles. The van der Waals surface area contributed by atoms with Crippen molar-refractivity contribution in [1.82, 2.24) is 0 Å². The van der Waals surface area contributed by atoms with E-state index in [1.807, 2.05) is 18.2 Å². The van der Waals surface area contributed by atoms with Crippen molar-refractivity contribution in [3.8, 4) is 0 Å². The molecule has 0 aliphatic heterocycles. The van der Waals surface area contributed by atoms with Crippen LogP contribution < -0.4 is 5.32 Å². The van der Waals surface area contributed by atoms with Gasteiger partial charge in [-0.05, 0) is 48.4 Å². The lowest BCUT2D eigenvalue weighted by Crippen LogP contribution is -2.08. The fourth-order valence-corrected chi connectivity index (χ4v) is 2.56. The molecule has 0 saturated heterocycles. The summed E-state index contributed by atoms with van der Waals surface area (Å²) in [5.74, 6) is -0.175. The Morgan fingerprint density at radius 1 is 0.905 bits per heavy atom. The van der Waals surface area contributed by atoms with Crippen LogP contribution in [0, 0.1) is 12.7 Å². The third-order valence-electron chi connectivity index (χ3n) is 3.91. The molecule has 21 heavy (non-hydrogen) atoms. The second-order valence-corrected chi connectivity index (χ2v) is 5.39. The summed E-state index contributed by atoms with van der Waals surface area (Å²) in [4.78, 5) is 0. The van der Waals surface area contributed by atoms with Gasteiger partial charge in [-0.3, -0.25) is 0 Å². The smallest absolute Gasteiger partial charge is 0.128 e. The first-order valence-electron chi connectivity index (χ1n) is 7.15. The Bertz CT molecular complexity index is 779. The van der Waals surface area contributed by atoms with Crippen molar-refractivity contribution in [2.75, 3.05) is 5.32 Å². The van der Waals surface area contributed by atoms with E-state index in [1.165, 1.54) is 22.4 Å². The van der Waals surface area contributed by atoms with Gasteiger partial charge in [0.05, 0.1) is 0 Å². The average Bonchev–Trinajstić information content (AvgIpc) is 2.51. The number of hydrogen-bond donors (Lipinski definition) is 1. The van der Waals surface area contributed by atoms with Crippen molar-refractivity contribution in [2.45, 2.75) is 19.9 Å². The largest absolute Gasteiger partial charge is 0.378 e. The molecule has 0 amide bonds. The standard InChI is InChI=1S/C19H18FN/c1-13-18(20)8-5-9-19(13)21-14(2)16-11-10-15-6-3-4-7-17(15)12-16/h3-12,14,21H,1-2H3. The molecule has 3 aromatic rings. The monoisotopic (exact) mass is 279 g/mol. The zero-order chi connectivity index (χ0) is 14.8. The topological polar surface area (TPSA) is 12.0 Å². The zero-order valence-electron chi connectivity index (χ0n) is 12.2. The second-order valence-electron chi connectivity index (χ2n) is 5.39. The highest BCUT2D eigenvalue weighted by atomic mass is 19.1. The fraction of sp³-hybridized carbons (Fsp3) is 0.158. The molecule has 0 aliphatic carbocycles. The number of anilines is 1. The lowest BCUT2D eigenvalue weighted by molar-refractivity contribution is 0.618. The number of nitrogens with one attached hydrogen (secondary N) is 1. The Morgan fingerprint density at radius 3 is 2.48 bits per heavy atom. The first-order chi connectivity index (χ1) is 10.1. The van der Waals surface area contributed by atoms with Gasteiger partial charge in [-0.25, -0.2) is 4.39 Å². The summed E-state index contributed by atoms with van der Waals surface area (Å²) < 4.78 is 13.6. The van der Waals surface area contributed by atoms with E-state index in [2.05, 4.69) is 42.6 Å². The second kappa shape index (κ2) is 5.57. The van der Waals surface area contributed by atoms with E-state index >= 15 is 0 Å². The highest BCUT2D eigenvalue weighted by Gasteiger charge is 2.09. The molecule has 0 spiro atoms. The van der Waals surface area contributed by atoms with Gasteiger partial charge in [-0.1, -0.05) is 42.5 Å². The summed E-state index contributed by atoms with van der Waals surface area (Å²) in [5.41, 5.74) is 2.69. The number of halogens is 1. The minimum Gasteiger partial charge on any atom is -0.378 e. The Labute approximate surface area is 124 Å². The Hall–Kier alpha value is -2.35. The van der Waals surface area contributed by atoms with Crippen molar-refractivity contribution in [3.05, 3.63) is 77.6 Å². The molecular formula is C19H18FN. The van der Waals surface area contributed by atoms with Crippen LogP contribution in [0.25, 0.3) is 10.8 Å². The molecule has 0 aromatic heterocycles. The van der Waals surface area contributed by atoms with Gasteiger partial charge in [0.2, 0.25) is 0 Å². The molecule has 2 heteroatoms. The van der Waals surface area contributed by atoms with Crippen LogP contribution in [-0.4, -0.2) is 0 Å². The van der Waals surface area contributed by atoms with Crippen molar-refractivity contribution in [3.63, 3.8) is 0 Å². The average molecular weight is 279 g/mol. The van der Waals surface area contributed by atoms with Gasteiger partial charge < -0.3 is 5.32 Å². The maximum atomic E-state index is 13.6. The van der Waals surface area contributed by atoms with E-state index in [9.17, 15) is 4.39 Å². The summed E-state index contributed by atoms with van der Waals surface area (Å²) >= 11 is 0. The van der Waals surface area contributed by atoms with Crippen molar-refractivity contribution in [2.24, 2.45) is 0 Å². The van der Waals surface area contributed by atoms with Gasteiger partial charge in [-0.2, -0.15) is 0 Å². The van der Waals surface area contributed by atoms with Gasteiger partial charge in [-0.15, -0.1) is 0 Å². The Morgan fingerprint density at radius 2 is 1.67 bits per heavy atom. The van der Waals surface area contributed by atoms with Gasteiger partial charge in [0.25, 0.3) is 0 Å². The van der Waals surface area contributed by atoms with E-state index in [4.69, 9.17) is 0 Å². The maximum absolute atomic E-state index is 13.6. The minimum atomic E-state index is -0.175. The third-order valence-corrected chi connectivity index (χ3v) is 3.91. The lowest BCUT2D eigenvalue weighted by atomic mass is 10.0. The number of fused-ring (bicyclic) bond motifs is 1. The summed E-state index contributed by atoms with van der Waals surface area (Å²) in [6, 6.07) is 20.0. The summed E-state index contributed by atoms with van der Waals surface area (Å²) in [5, 5.41) is 5.85. The zero-order valence-corrected chi connectivity index (χ0v) is 12.2. The van der Waals surface area contributed by atoms with Crippen LogP contribution >= 0.6 is 0 Å². The molecule has 0 fully saturated rings. The molecule has 1 unspecified atom stereocenters. The summed E-state index contributed by atoms with van der Waals surface area (Å²) in [6.07, 6.45) is 0. The Balaban J connectivity index is 1.89. The van der Waals surface area contributed by atoms with Crippen LogP contribution in [0.1, 0.15) is 24.1 Å². The first-order valence-corrected chi connectivity index (χ1v) is 7.15. The molecule has 0 radical (unpaired) electrons. The van der Waals surface area contributed by atoms with E-state index in [0.717, 1.165) is 5.69 Å². The molecule has 0 aliphatic rings. The van der Waals surface area contributed by atoms with Gasteiger partial charge in [0.15, 0.2) is 0 Å². The highest BCUT2D eigenvalue weighted by molar-refractivity contribution is 5.83. The van der Waals surface area contributed by atoms with E-state index in [1.54, 1.807) is 13.0 Å². The van der Waals surface area contributed by atoms with Gasteiger partial charge in [0.1, 0.15) is 5.82 Å². The van der Waals surface area contributed by atoms with Crippen LogP contribution in [0.3, 0.4) is 0 Å².